The molecule has 0 spiro atoms. The first-order valence-corrected chi connectivity index (χ1v) is 9.07. The molecule has 0 saturated heterocycles. The molecule has 0 aliphatic rings. The van der Waals surface area contributed by atoms with Crippen LogP contribution in [0, 0.1) is 0 Å². The second-order valence-corrected chi connectivity index (χ2v) is 7.14. The lowest BCUT2D eigenvalue weighted by molar-refractivity contribution is -0.126. The molecule has 0 radical (unpaired) electrons. The van der Waals surface area contributed by atoms with Crippen molar-refractivity contribution in [2.24, 2.45) is 5.73 Å². The topological polar surface area (TPSA) is 149 Å². The van der Waals surface area contributed by atoms with Gasteiger partial charge < -0.3 is 31.2 Å². The summed E-state index contributed by atoms with van der Waals surface area (Å²) in [4.78, 5) is 46.7. The lowest BCUT2D eigenvalue weighted by Gasteiger charge is -2.22. The summed E-state index contributed by atoms with van der Waals surface area (Å²) in [6.07, 6.45) is -1.82. The third-order valence-corrected chi connectivity index (χ3v) is 3.35. The number of primary amides is 1. The number of benzene rings is 1. The monoisotopic (exact) mass is 408 g/mol. The minimum Gasteiger partial charge on any atom is -0.445 e. The van der Waals surface area contributed by atoms with Gasteiger partial charge in [0.1, 0.15) is 18.2 Å². The van der Waals surface area contributed by atoms with E-state index in [-0.39, 0.29) is 26.1 Å². The Bertz CT molecular complexity index is 702. The summed E-state index contributed by atoms with van der Waals surface area (Å²) in [5.74, 6) is -1.39. The zero-order valence-corrected chi connectivity index (χ0v) is 16.8. The number of carbonyl (C=O) groups is 4. The van der Waals surface area contributed by atoms with Gasteiger partial charge in [-0.1, -0.05) is 30.3 Å². The first-order chi connectivity index (χ1) is 13.6. The van der Waals surface area contributed by atoms with Gasteiger partial charge in [0.05, 0.1) is 6.42 Å². The zero-order valence-electron chi connectivity index (χ0n) is 16.8. The van der Waals surface area contributed by atoms with E-state index in [4.69, 9.17) is 15.2 Å². The molecule has 1 rings (SSSR count). The molecule has 1 aromatic carbocycles. The zero-order chi connectivity index (χ0) is 21.9. The molecule has 10 heteroatoms. The summed E-state index contributed by atoms with van der Waals surface area (Å²) < 4.78 is 10.1. The summed E-state index contributed by atoms with van der Waals surface area (Å²) in [6.45, 7) is 5.36. The SMILES string of the molecule is CC(C)(C)OC(=O)N[C@@H](CC(=O)NCCNC(=O)OCc1ccccc1)C(N)=O. The molecule has 29 heavy (non-hydrogen) atoms. The van der Waals surface area contributed by atoms with Crippen LogP contribution in [0.15, 0.2) is 30.3 Å². The molecule has 0 heterocycles. The molecule has 0 unspecified atom stereocenters. The average Bonchev–Trinajstić information content (AvgIpc) is 2.62. The van der Waals surface area contributed by atoms with Crippen LogP contribution in [0.1, 0.15) is 32.8 Å². The number of nitrogens with two attached hydrogens (primary N) is 1. The Morgan fingerprint density at radius 2 is 1.62 bits per heavy atom. The van der Waals surface area contributed by atoms with Crippen LogP contribution in [0.4, 0.5) is 9.59 Å². The van der Waals surface area contributed by atoms with Crippen LogP contribution in [0.2, 0.25) is 0 Å². The van der Waals surface area contributed by atoms with Crippen LogP contribution in [-0.4, -0.2) is 48.7 Å². The van der Waals surface area contributed by atoms with Gasteiger partial charge in [-0.15, -0.1) is 0 Å². The van der Waals surface area contributed by atoms with E-state index in [1.807, 2.05) is 30.3 Å². The summed E-state index contributed by atoms with van der Waals surface area (Å²) >= 11 is 0. The average molecular weight is 408 g/mol. The molecule has 0 aromatic heterocycles. The van der Waals surface area contributed by atoms with E-state index >= 15 is 0 Å². The van der Waals surface area contributed by atoms with Gasteiger partial charge >= 0.3 is 12.2 Å². The third kappa shape index (κ3) is 11.2. The fourth-order valence-electron chi connectivity index (χ4n) is 2.07. The first-order valence-electron chi connectivity index (χ1n) is 9.07. The second kappa shape index (κ2) is 11.5. The van der Waals surface area contributed by atoms with Gasteiger partial charge in [0, 0.05) is 13.1 Å². The van der Waals surface area contributed by atoms with Crippen LogP contribution < -0.4 is 21.7 Å². The standard InChI is InChI=1S/C19H28N4O6/c1-19(2,3)29-18(27)23-14(16(20)25)11-15(24)21-9-10-22-17(26)28-12-13-7-5-4-6-8-13/h4-8,14H,9-12H2,1-3H3,(H2,20,25)(H,21,24)(H,22,26)(H,23,27)/t14-/m0/s1. The second-order valence-electron chi connectivity index (χ2n) is 7.14. The highest BCUT2D eigenvalue weighted by Crippen LogP contribution is 2.07. The van der Waals surface area contributed by atoms with Gasteiger partial charge in [0.25, 0.3) is 0 Å². The summed E-state index contributed by atoms with van der Waals surface area (Å²) in [6, 6.07) is 7.97. The predicted octanol–water partition coefficient (Wildman–Crippen LogP) is 0.798. The van der Waals surface area contributed by atoms with Crippen molar-refractivity contribution in [3.8, 4) is 0 Å². The van der Waals surface area contributed by atoms with Crippen LogP contribution in [-0.2, 0) is 25.7 Å². The largest absolute Gasteiger partial charge is 0.445 e. The van der Waals surface area contributed by atoms with Crippen LogP contribution in [0.25, 0.3) is 0 Å². The molecule has 160 valence electrons. The Balaban J connectivity index is 2.27. The van der Waals surface area contributed by atoms with Crippen molar-refractivity contribution in [2.75, 3.05) is 13.1 Å². The van der Waals surface area contributed by atoms with Gasteiger partial charge in [0.15, 0.2) is 0 Å². The van der Waals surface area contributed by atoms with Crippen LogP contribution >= 0.6 is 0 Å². The number of nitrogens with one attached hydrogen (secondary N) is 3. The maximum absolute atomic E-state index is 11.9. The van der Waals surface area contributed by atoms with E-state index in [1.165, 1.54) is 0 Å². The van der Waals surface area contributed by atoms with E-state index in [9.17, 15) is 19.2 Å². The van der Waals surface area contributed by atoms with E-state index in [1.54, 1.807) is 20.8 Å². The number of ether oxygens (including phenoxy) is 2. The van der Waals surface area contributed by atoms with Gasteiger partial charge in [-0.25, -0.2) is 9.59 Å². The highest BCUT2D eigenvalue weighted by Gasteiger charge is 2.24. The lowest BCUT2D eigenvalue weighted by atomic mass is 10.2. The Hall–Kier alpha value is -3.30. The fourth-order valence-corrected chi connectivity index (χ4v) is 2.07. The maximum atomic E-state index is 11.9. The minimum atomic E-state index is -1.21. The fraction of sp³-hybridized carbons (Fsp3) is 0.474. The Morgan fingerprint density at radius 1 is 1.00 bits per heavy atom. The van der Waals surface area contributed by atoms with Crippen molar-refractivity contribution in [1.82, 2.24) is 16.0 Å². The van der Waals surface area contributed by atoms with E-state index in [0.29, 0.717) is 0 Å². The molecule has 5 N–H and O–H groups in total. The molecule has 0 aliphatic carbocycles. The molecular weight excluding hydrogens is 380 g/mol. The van der Waals surface area contributed by atoms with E-state index in [0.717, 1.165) is 5.56 Å². The molecular formula is C19H28N4O6. The smallest absolute Gasteiger partial charge is 0.408 e. The number of alkyl carbamates (subject to hydrolysis) is 2. The van der Waals surface area contributed by atoms with Crippen molar-refractivity contribution in [3.63, 3.8) is 0 Å². The summed E-state index contributed by atoms with van der Waals surface area (Å²) in [5, 5.41) is 7.25. The predicted molar refractivity (Wildman–Crippen MR) is 105 cm³/mol. The normalized spacial score (nSPS) is 11.7. The van der Waals surface area contributed by atoms with Crippen molar-refractivity contribution in [3.05, 3.63) is 35.9 Å². The van der Waals surface area contributed by atoms with E-state index in [2.05, 4.69) is 16.0 Å². The van der Waals surface area contributed by atoms with Crippen LogP contribution in [0.3, 0.4) is 0 Å². The van der Waals surface area contributed by atoms with E-state index < -0.39 is 35.6 Å². The van der Waals surface area contributed by atoms with Crippen molar-refractivity contribution in [1.29, 1.82) is 0 Å². The molecule has 0 aliphatic heterocycles. The molecule has 4 amide bonds. The molecule has 10 nitrogen and oxygen atoms in total. The molecule has 1 aromatic rings. The highest BCUT2D eigenvalue weighted by atomic mass is 16.6. The third-order valence-electron chi connectivity index (χ3n) is 3.35. The van der Waals surface area contributed by atoms with Crippen molar-refractivity contribution in [2.45, 2.75) is 45.4 Å². The summed E-state index contributed by atoms with van der Waals surface area (Å²) in [5.41, 5.74) is 5.31. The number of carbonyl (C=O) groups excluding carboxylic acids is 4. The molecule has 0 fully saturated rings. The Labute approximate surface area is 169 Å². The Kier molecular flexibility index (Phi) is 9.43. The Morgan fingerprint density at radius 3 is 2.21 bits per heavy atom. The number of rotatable bonds is 9. The van der Waals surface area contributed by atoms with Crippen molar-refractivity contribution >= 4 is 24.0 Å². The highest BCUT2D eigenvalue weighted by molar-refractivity contribution is 5.90. The summed E-state index contributed by atoms with van der Waals surface area (Å²) in [7, 11) is 0. The molecule has 0 saturated carbocycles. The quantitative estimate of drug-likeness (QED) is 0.444. The molecule has 1 atom stereocenters. The van der Waals surface area contributed by atoms with Crippen molar-refractivity contribution < 1.29 is 28.7 Å². The minimum absolute atomic E-state index is 0.108. The van der Waals surface area contributed by atoms with Gasteiger partial charge in [-0.3, -0.25) is 9.59 Å². The van der Waals surface area contributed by atoms with Gasteiger partial charge in [-0.2, -0.15) is 0 Å². The van der Waals surface area contributed by atoms with Crippen LogP contribution in [0.5, 0.6) is 0 Å². The maximum Gasteiger partial charge on any atom is 0.408 e. The number of hydrogen-bond acceptors (Lipinski definition) is 6. The van der Waals surface area contributed by atoms with Gasteiger partial charge in [0.2, 0.25) is 11.8 Å². The first kappa shape index (κ1) is 23.7. The lowest BCUT2D eigenvalue weighted by Crippen LogP contribution is -2.49. The van der Waals surface area contributed by atoms with Gasteiger partial charge in [-0.05, 0) is 26.3 Å². The number of amides is 4. The number of hydrogen-bond donors (Lipinski definition) is 4. The molecule has 0 bridgehead atoms.